The molecule has 0 fully saturated rings. The molecule has 0 saturated heterocycles. The third-order valence-corrected chi connectivity index (χ3v) is 3.54. The summed E-state index contributed by atoms with van der Waals surface area (Å²) in [6.07, 6.45) is -0.00702. The minimum atomic E-state index is -0.631. The van der Waals surface area contributed by atoms with Crippen LogP contribution in [0.15, 0.2) is 29.6 Å². The summed E-state index contributed by atoms with van der Waals surface area (Å²) in [5.74, 6) is 5.69. The van der Waals surface area contributed by atoms with Crippen molar-refractivity contribution >= 4 is 17.4 Å². The van der Waals surface area contributed by atoms with E-state index in [1.54, 1.807) is 11.3 Å². The summed E-state index contributed by atoms with van der Waals surface area (Å²) in [7, 11) is 0. The van der Waals surface area contributed by atoms with Crippen molar-refractivity contribution in [2.75, 3.05) is 6.61 Å². The van der Waals surface area contributed by atoms with E-state index in [1.807, 2.05) is 42.0 Å². The second-order valence-electron chi connectivity index (χ2n) is 4.32. The highest BCUT2D eigenvalue weighted by Crippen LogP contribution is 2.15. The molecule has 1 aromatic carbocycles. The highest BCUT2D eigenvalue weighted by molar-refractivity contribution is 7.09. The number of hydrazine groups is 1. The van der Waals surface area contributed by atoms with Gasteiger partial charge in [-0.25, -0.2) is 15.6 Å². The summed E-state index contributed by atoms with van der Waals surface area (Å²) in [4.78, 5) is 15.1. The largest absolute Gasteiger partial charge is 0.487 e. The second-order valence-corrected chi connectivity index (χ2v) is 5.38. The number of hydrogen-bond donors (Lipinski definition) is 2. The zero-order valence-electron chi connectivity index (χ0n) is 11.7. The molecular weight excluding hydrogens is 290 g/mol. The van der Waals surface area contributed by atoms with E-state index in [1.165, 1.54) is 0 Å². The minimum absolute atomic E-state index is 0.279. The van der Waals surface area contributed by atoms with Crippen molar-refractivity contribution in [3.63, 3.8) is 0 Å². The number of aromatic nitrogens is 1. The van der Waals surface area contributed by atoms with Crippen LogP contribution >= 0.6 is 11.3 Å². The minimum Gasteiger partial charge on any atom is -0.487 e. The van der Waals surface area contributed by atoms with Gasteiger partial charge in [-0.05, 0) is 24.6 Å². The van der Waals surface area contributed by atoms with Gasteiger partial charge in [-0.1, -0.05) is 12.1 Å². The average Bonchev–Trinajstić information content (AvgIpc) is 2.92. The first-order valence-corrected chi connectivity index (χ1v) is 7.31. The molecule has 0 atom stereocenters. The number of carbonyl (C=O) groups excluding carboxylic acids is 1. The Bertz CT molecular complexity index is 583. The first kappa shape index (κ1) is 15.3. The number of benzene rings is 1. The lowest BCUT2D eigenvalue weighted by Gasteiger charge is -2.06. The fourth-order valence-electron chi connectivity index (χ4n) is 1.69. The Labute approximate surface area is 126 Å². The number of nitrogens with zero attached hydrogens (tertiary/aromatic N) is 1. The van der Waals surface area contributed by atoms with E-state index in [-0.39, 0.29) is 6.61 Å². The zero-order valence-corrected chi connectivity index (χ0v) is 12.5. The Hall–Kier alpha value is -2.12. The van der Waals surface area contributed by atoms with E-state index in [0.29, 0.717) is 13.0 Å². The van der Waals surface area contributed by atoms with Gasteiger partial charge in [0.1, 0.15) is 12.4 Å². The van der Waals surface area contributed by atoms with Crippen molar-refractivity contribution in [1.29, 1.82) is 0 Å². The number of ether oxygens (including phenoxy) is 2. The van der Waals surface area contributed by atoms with Crippen LogP contribution in [0.2, 0.25) is 0 Å². The number of hydrogen-bond acceptors (Lipinski definition) is 6. The van der Waals surface area contributed by atoms with Crippen LogP contribution < -0.4 is 16.0 Å². The molecule has 0 spiro atoms. The molecule has 3 N–H and O–H groups in total. The molecule has 2 aromatic rings. The van der Waals surface area contributed by atoms with Crippen LogP contribution in [0.5, 0.6) is 5.75 Å². The molecule has 0 aliphatic carbocycles. The summed E-state index contributed by atoms with van der Waals surface area (Å²) < 4.78 is 10.5. The quantitative estimate of drug-likeness (QED) is 0.485. The highest BCUT2D eigenvalue weighted by atomic mass is 32.1. The number of aryl methyl sites for hydroxylation is 1. The zero-order chi connectivity index (χ0) is 15.1. The Morgan fingerprint density at radius 1 is 1.38 bits per heavy atom. The van der Waals surface area contributed by atoms with Gasteiger partial charge < -0.3 is 9.47 Å². The van der Waals surface area contributed by atoms with Crippen LogP contribution in [0.25, 0.3) is 0 Å². The first-order chi connectivity index (χ1) is 10.2. The summed E-state index contributed by atoms with van der Waals surface area (Å²) in [5.41, 5.74) is 3.89. The lowest BCUT2D eigenvalue weighted by Crippen LogP contribution is -2.31. The molecule has 0 aliphatic rings. The van der Waals surface area contributed by atoms with Crippen molar-refractivity contribution in [3.05, 3.63) is 45.9 Å². The normalized spacial score (nSPS) is 10.2. The van der Waals surface area contributed by atoms with E-state index in [4.69, 9.17) is 15.3 Å². The van der Waals surface area contributed by atoms with Gasteiger partial charge in [-0.15, -0.1) is 11.3 Å². The summed E-state index contributed by atoms with van der Waals surface area (Å²) in [5, 5.41) is 3.02. The van der Waals surface area contributed by atoms with E-state index in [0.717, 1.165) is 22.0 Å². The third kappa shape index (κ3) is 5.05. The molecule has 6 nitrogen and oxygen atoms in total. The summed E-state index contributed by atoms with van der Waals surface area (Å²) >= 11 is 1.61. The van der Waals surface area contributed by atoms with Crippen molar-refractivity contribution < 1.29 is 14.3 Å². The Balaban J connectivity index is 1.77. The molecule has 0 saturated carbocycles. The van der Waals surface area contributed by atoms with E-state index in [9.17, 15) is 4.79 Å². The van der Waals surface area contributed by atoms with Gasteiger partial charge in [-0.3, -0.25) is 5.43 Å². The van der Waals surface area contributed by atoms with E-state index < -0.39 is 6.09 Å². The van der Waals surface area contributed by atoms with Gasteiger partial charge in [0.05, 0.1) is 17.3 Å². The second kappa shape index (κ2) is 7.61. The van der Waals surface area contributed by atoms with Gasteiger partial charge in [0.25, 0.3) is 0 Å². The fourth-order valence-corrected chi connectivity index (χ4v) is 2.28. The van der Waals surface area contributed by atoms with Crippen LogP contribution in [-0.2, 0) is 17.8 Å². The predicted octanol–water partition coefficient (Wildman–Crippen LogP) is 2.17. The third-order valence-electron chi connectivity index (χ3n) is 2.72. The number of thiazole rings is 1. The summed E-state index contributed by atoms with van der Waals surface area (Å²) in [6.45, 7) is 2.71. The van der Waals surface area contributed by atoms with Gasteiger partial charge in [-0.2, -0.15) is 0 Å². The molecule has 1 amide bonds. The number of amides is 1. The Morgan fingerprint density at radius 3 is 2.76 bits per heavy atom. The van der Waals surface area contributed by atoms with Crippen molar-refractivity contribution in [2.45, 2.75) is 20.0 Å². The number of nitrogens with two attached hydrogens (primary N) is 1. The maximum Gasteiger partial charge on any atom is 0.421 e. The molecule has 112 valence electrons. The first-order valence-electron chi connectivity index (χ1n) is 6.43. The van der Waals surface area contributed by atoms with Crippen LogP contribution in [0, 0.1) is 6.92 Å². The Morgan fingerprint density at radius 2 is 2.14 bits per heavy atom. The van der Waals surface area contributed by atoms with Crippen LogP contribution in [0.1, 0.15) is 16.3 Å². The molecule has 1 aromatic heterocycles. The van der Waals surface area contributed by atoms with Crippen molar-refractivity contribution in [3.8, 4) is 5.75 Å². The molecule has 0 aliphatic heterocycles. The Kier molecular flexibility index (Phi) is 5.53. The standard InChI is InChI=1S/C14H17N3O3S/c1-10-16-12(9-21-10)8-20-13-4-2-11(3-5-13)6-7-19-14(18)17-15/h2-5,9H,6-8,15H2,1H3,(H,17,18). The fraction of sp³-hybridized carbons (Fsp3) is 0.286. The molecule has 7 heteroatoms. The van der Waals surface area contributed by atoms with Crippen molar-refractivity contribution in [1.82, 2.24) is 10.4 Å². The molecule has 2 rings (SSSR count). The predicted molar refractivity (Wildman–Crippen MR) is 80.0 cm³/mol. The number of carbonyl (C=O) groups is 1. The molecule has 0 radical (unpaired) electrons. The van der Waals surface area contributed by atoms with Crippen LogP contribution in [0.4, 0.5) is 4.79 Å². The van der Waals surface area contributed by atoms with Gasteiger partial charge >= 0.3 is 6.09 Å². The van der Waals surface area contributed by atoms with Gasteiger partial charge in [0.2, 0.25) is 0 Å². The van der Waals surface area contributed by atoms with Crippen LogP contribution in [0.3, 0.4) is 0 Å². The highest BCUT2D eigenvalue weighted by Gasteiger charge is 2.02. The molecular formula is C14H17N3O3S. The van der Waals surface area contributed by atoms with E-state index >= 15 is 0 Å². The SMILES string of the molecule is Cc1nc(COc2ccc(CCOC(=O)NN)cc2)cs1. The topological polar surface area (TPSA) is 86.5 Å². The average molecular weight is 307 g/mol. The number of rotatable bonds is 6. The van der Waals surface area contributed by atoms with Gasteiger partial charge in [0.15, 0.2) is 0 Å². The lowest BCUT2D eigenvalue weighted by molar-refractivity contribution is 0.147. The maximum absolute atomic E-state index is 10.8. The summed E-state index contributed by atoms with van der Waals surface area (Å²) in [6, 6.07) is 7.64. The van der Waals surface area contributed by atoms with E-state index in [2.05, 4.69) is 4.98 Å². The smallest absolute Gasteiger partial charge is 0.421 e. The number of nitrogens with one attached hydrogen (secondary N) is 1. The van der Waals surface area contributed by atoms with Crippen molar-refractivity contribution in [2.24, 2.45) is 5.84 Å². The van der Waals surface area contributed by atoms with Gasteiger partial charge in [0, 0.05) is 11.8 Å². The molecule has 21 heavy (non-hydrogen) atoms. The molecule has 1 heterocycles. The lowest BCUT2D eigenvalue weighted by atomic mass is 10.1. The van der Waals surface area contributed by atoms with Crippen LogP contribution in [-0.4, -0.2) is 17.7 Å². The molecule has 0 unspecified atom stereocenters. The molecule has 0 bridgehead atoms. The monoisotopic (exact) mass is 307 g/mol. The maximum atomic E-state index is 10.8.